The Bertz CT molecular complexity index is 720. The minimum Gasteiger partial charge on any atom is -0.367 e. The Labute approximate surface area is 141 Å². The lowest BCUT2D eigenvalue weighted by molar-refractivity contribution is -0.139. The van der Waals surface area contributed by atoms with Crippen molar-refractivity contribution in [2.75, 3.05) is 12.0 Å². The van der Waals surface area contributed by atoms with Crippen molar-refractivity contribution < 1.29 is 9.59 Å². The standard InChI is InChI=1S/C20H22N2O2/c1-2-11-5-3-4-6-16(11)21-10-22-19(23)17-12-7-8-13(15-9-14(12)15)18(17)20(22)24/h3-8,12-15,17-18,21H,2,9-10H2,1H3/t12-,13-,14-,15+,17+,18-/m1/s1. The van der Waals surface area contributed by atoms with E-state index in [2.05, 4.69) is 30.5 Å². The van der Waals surface area contributed by atoms with Crippen LogP contribution in [0.15, 0.2) is 36.4 Å². The summed E-state index contributed by atoms with van der Waals surface area (Å²) >= 11 is 0. The largest absolute Gasteiger partial charge is 0.367 e. The van der Waals surface area contributed by atoms with E-state index in [1.54, 1.807) is 0 Å². The van der Waals surface area contributed by atoms with Crippen molar-refractivity contribution in [3.8, 4) is 0 Å². The normalized spacial score (nSPS) is 38.3. The number of aryl methyl sites for hydroxylation is 1. The van der Waals surface area contributed by atoms with Gasteiger partial charge in [-0.3, -0.25) is 14.5 Å². The molecule has 2 saturated carbocycles. The second kappa shape index (κ2) is 4.95. The van der Waals surface area contributed by atoms with E-state index < -0.39 is 0 Å². The second-order valence-electron chi connectivity index (χ2n) is 7.60. The fourth-order valence-corrected chi connectivity index (χ4v) is 5.34. The van der Waals surface area contributed by atoms with Crippen LogP contribution in [0.1, 0.15) is 18.9 Å². The quantitative estimate of drug-likeness (QED) is 0.685. The zero-order valence-corrected chi connectivity index (χ0v) is 13.8. The van der Waals surface area contributed by atoms with Gasteiger partial charge in [-0.2, -0.15) is 0 Å². The molecule has 6 rings (SSSR count). The van der Waals surface area contributed by atoms with Gasteiger partial charge in [-0.05, 0) is 48.1 Å². The Morgan fingerprint density at radius 2 is 1.67 bits per heavy atom. The van der Waals surface area contributed by atoms with E-state index in [0.717, 1.165) is 12.1 Å². The Hall–Kier alpha value is -2.10. The van der Waals surface area contributed by atoms with Gasteiger partial charge >= 0.3 is 0 Å². The molecule has 4 nitrogen and oxygen atoms in total. The Morgan fingerprint density at radius 1 is 1.04 bits per heavy atom. The third-order valence-corrected chi connectivity index (χ3v) is 6.58. The number of carbonyl (C=O) groups excluding carboxylic acids is 2. The highest BCUT2D eigenvalue weighted by atomic mass is 16.2. The molecule has 2 amide bonds. The SMILES string of the molecule is CCc1ccccc1NCN1C(=O)[C@@H]2[C@@H]3C=C[C@H]([C@H]4C[C@@H]34)[C@@H]2C1=O. The lowest BCUT2D eigenvalue weighted by Crippen LogP contribution is -2.40. The number of benzene rings is 1. The first-order valence-corrected chi connectivity index (χ1v) is 9.06. The smallest absolute Gasteiger partial charge is 0.235 e. The maximum atomic E-state index is 12.9. The van der Waals surface area contributed by atoms with Crippen molar-refractivity contribution in [3.05, 3.63) is 42.0 Å². The second-order valence-corrected chi connectivity index (χ2v) is 7.60. The number of likely N-dealkylation sites (tertiary alicyclic amines) is 1. The molecule has 6 atom stereocenters. The number of allylic oxidation sites excluding steroid dienone is 2. The van der Waals surface area contributed by atoms with Gasteiger partial charge in [0.1, 0.15) is 0 Å². The molecule has 1 N–H and O–H groups in total. The van der Waals surface area contributed by atoms with Crippen LogP contribution in [-0.4, -0.2) is 23.4 Å². The van der Waals surface area contributed by atoms with Crippen LogP contribution in [0.25, 0.3) is 0 Å². The Kier molecular flexibility index (Phi) is 2.94. The molecule has 4 heteroatoms. The van der Waals surface area contributed by atoms with E-state index in [1.165, 1.54) is 16.9 Å². The minimum atomic E-state index is -0.0977. The number of rotatable bonds is 4. The number of nitrogens with one attached hydrogen (secondary N) is 1. The molecule has 2 bridgehead atoms. The number of para-hydroxylation sites is 1. The molecule has 5 aliphatic rings. The lowest BCUT2D eigenvalue weighted by Gasteiger charge is -2.37. The van der Waals surface area contributed by atoms with Crippen molar-refractivity contribution in [2.24, 2.45) is 35.5 Å². The average Bonchev–Trinajstić information content (AvgIpc) is 3.39. The maximum absolute atomic E-state index is 12.9. The monoisotopic (exact) mass is 322 g/mol. The molecule has 1 aromatic rings. The molecule has 24 heavy (non-hydrogen) atoms. The van der Waals surface area contributed by atoms with Gasteiger partial charge in [0.25, 0.3) is 0 Å². The fourth-order valence-electron chi connectivity index (χ4n) is 5.34. The first kappa shape index (κ1) is 14.3. The summed E-state index contributed by atoms with van der Waals surface area (Å²) in [7, 11) is 0. The lowest BCUT2D eigenvalue weighted by atomic mass is 9.63. The number of amides is 2. The zero-order chi connectivity index (χ0) is 16.4. The Balaban J connectivity index is 1.37. The van der Waals surface area contributed by atoms with Crippen LogP contribution >= 0.6 is 0 Å². The predicted octanol–water partition coefficient (Wildman–Crippen LogP) is 2.67. The summed E-state index contributed by atoms with van der Waals surface area (Å²) in [5, 5.41) is 3.31. The van der Waals surface area contributed by atoms with E-state index in [9.17, 15) is 9.59 Å². The van der Waals surface area contributed by atoms with Crippen molar-refractivity contribution in [2.45, 2.75) is 19.8 Å². The highest BCUT2D eigenvalue weighted by Crippen LogP contribution is 2.65. The minimum absolute atomic E-state index is 0.0381. The molecular weight excluding hydrogens is 300 g/mol. The number of imide groups is 1. The van der Waals surface area contributed by atoms with Gasteiger partial charge in [-0.15, -0.1) is 0 Å². The molecule has 1 heterocycles. The molecule has 1 aromatic carbocycles. The van der Waals surface area contributed by atoms with Crippen molar-refractivity contribution in [3.63, 3.8) is 0 Å². The molecule has 0 unspecified atom stereocenters. The summed E-state index contributed by atoms with van der Waals surface area (Å²) < 4.78 is 0. The van der Waals surface area contributed by atoms with Crippen molar-refractivity contribution >= 4 is 17.5 Å². The molecule has 0 radical (unpaired) electrons. The van der Waals surface area contributed by atoms with Gasteiger partial charge in [-0.25, -0.2) is 0 Å². The van der Waals surface area contributed by atoms with Crippen LogP contribution in [-0.2, 0) is 16.0 Å². The van der Waals surface area contributed by atoms with Gasteiger partial charge in [0.15, 0.2) is 0 Å². The van der Waals surface area contributed by atoms with E-state index in [1.807, 2.05) is 18.2 Å². The predicted molar refractivity (Wildman–Crippen MR) is 90.9 cm³/mol. The van der Waals surface area contributed by atoms with Crippen molar-refractivity contribution in [1.29, 1.82) is 0 Å². The van der Waals surface area contributed by atoms with Crippen molar-refractivity contribution in [1.82, 2.24) is 4.90 Å². The van der Waals surface area contributed by atoms with E-state index >= 15 is 0 Å². The van der Waals surface area contributed by atoms with Crippen LogP contribution in [0.2, 0.25) is 0 Å². The highest BCUT2D eigenvalue weighted by molar-refractivity contribution is 6.06. The summed E-state index contributed by atoms with van der Waals surface area (Å²) in [6.45, 7) is 2.40. The topological polar surface area (TPSA) is 49.4 Å². The molecule has 1 aliphatic heterocycles. The number of nitrogens with zero attached hydrogens (tertiary/aromatic N) is 1. The number of hydrogen-bond donors (Lipinski definition) is 1. The summed E-state index contributed by atoms with van der Waals surface area (Å²) in [4.78, 5) is 27.3. The highest BCUT2D eigenvalue weighted by Gasteiger charge is 2.66. The van der Waals surface area contributed by atoms with Gasteiger partial charge < -0.3 is 5.32 Å². The third kappa shape index (κ3) is 1.80. The fraction of sp³-hybridized carbons (Fsp3) is 0.500. The molecule has 0 spiro atoms. The van der Waals surface area contributed by atoms with E-state index in [4.69, 9.17) is 0 Å². The molecule has 4 aliphatic carbocycles. The number of carbonyl (C=O) groups is 2. The molecule has 1 saturated heterocycles. The Morgan fingerprint density at radius 3 is 2.29 bits per heavy atom. The summed E-state index contributed by atoms with van der Waals surface area (Å²) in [6.07, 6.45) is 6.56. The summed E-state index contributed by atoms with van der Waals surface area (Å²) in [5.74, 6) is 1.80. The van der Waals surface area contributed by atoms with Crippen LogP contribution in [0.5, 0.6) is 0 Å². The first-order valence-electron chi connectivity index (χ1n) is 9.06. The summed E-state index contributed by atoms with van der Waals surface area (Å²) in [6, 6.07) is 8.08. The third-order valence-electron chi connectivity index (χ3n) is 6.58. The molecule has 0 aromatic heterocycles. The van der Waals surface area contributed by atoms with Crippen LogP contribution in [0.3, 0.4) is 0 Å². The van der Waals surface area contributed by atoms with Gasteiger partial charge in [0.2, 0.25) is 11.8 Å². The summed E-state index contributed by atoms with van der Waals surface area (Å²) in [5.41, 5.74) is 2.22. The van der Waals surface area contributed by atoms with Crippen LogP contribution < -0.4 is 5.32 Å². The first-order chi connectivity index (χ1) is 11.7. The van der Waals surface area contributed by atoms with E-state index in [-0.39, 0.29) is 30.3 Å². The van der Waals surface area contributed by atoms with Crippen LogP contribution in [0, 0.1) is 35.5 Å². The number of hydrogen-bond acceptors (Lipinski definition) is 3. The molecule has 124 valence electrons. The van der Waals surface area contributed by atoms with Crippen LogP contribution in [0.4, 0.5) is 5.69 Å². The van der Waals surface area contributed by atoms with E-state index in [0.29, 0.717) is 23.7 Å². The molecule has 3 fully saturated rings. The van der Waals surface area contributed by atoms with Gasteiger partial charge in [0, 0.05) is 5.69 Å². The van der Waals surface area contributed by atoms with Gasteiger partial charge in [-0.1, -0.05) is 37.3 Å². The molecular formula is C20H22N2O2. The average molecular weight is 322 g/mol. The zero-order valence-electron chi connectivity index (χ0n) is 13.8. The van der Waals surface area contributed by atoms with Gasteiger partial charge in [0.05, 0.1) is 18.5 Å². The number of anilines is 1. The maximum Gasteiger partial charge on any atom is 0.235 e.